The van der Waals surface area contributed by atoms with Crippen LogP contribution in [0.4, 0.5) is 45.5 Å². The number of ether oxygens (including phenoxy) is 1. The second-order valence-corrected chi connectivity index (χ2v) is 9.00. The smallest absolute Gasteiger partial charge is 0.475 e. The fourth-order valence-electron chi connectivity index (χ4n) is 4.10. The highest BCUT2D eigenvalue weighted by molar-refractivity contribution is 5.73. The van der Waals surface area contributed by atoms with Gasteiger partial charge in [-0.2, -0.15) is 39.5 Å². The highest BCUT2D eigenvalue weighted by Crippen LogP contribution is 2.34. The lowest BCUT2D eigenvalue weighted by Gasteiger charge is -2.41. The van der Waals surface area contributed by atoms with E-state index in [1.54, 1.807) is 0 Å². The highest BCUT2D eigenvalue weighted by Gasteiger charge is 2.45. The summed E-state index contributed by atoms with van der Waals surface area (Å²) in [6.45, 7) is 3.93. The standard InChI is InChI=1S/C18H23N5O.3C2HF3O2/c1-24-17-5-9-23(18-20-7-3-8-21-18)16-13-22(12-15(16)17)11-14-4-2-6-19-10-14;3*3-2(4,5)1(6)7/h2-4,6-8,10,15-17H,5,9,11-13H2,1H3;3*(H,6,7)/t15-,16+,17-;;;/m0.../s1. The summed E-state index contributed by atoms with van der Waals surface area (Å²) in [5.41, 5.74) is 1.26. The van der Waals surface area contributed by atoms with Gasteiger partial charge in [-0.05, 0) is 24.1 Å². The van der Waals surface area contributed by atoms with Crippen LogP contribution >= 0.6 is 0 Å². The maximum absolute atomic E-state index is 10.6. The maximum Gasteiger partial charge on any atom is 0.490 e. The zero-order valence-corrected chi connectivity index (χ0v) is 22.9. The van der Waals surface area contributed by atoms with Crippen molar-refractivity contribution in [2.45, 2.75) is 43.6 Å². The molecule has 21 heteroatoms. The molecular formula is C24H26F9N5O7. The first kappa shape index (κ1) is 38.8. The number of pyridine rings is 1. The SMILES string of the molecule is CO[C@H]1CCN(c2ncccn2)[C@@H]2CN(Cc3cccnc3)C[C@H]12.O=C(O)C(F)(F)F.O=C(O)C(F)(F)F.O=C(O)C(F)(F)F. The van der Waals surface area contributed by atoms with Crippen molar-refractivity contribution < 1.29 is 74.0 Å². The van der Waals surface area contributed by atoms with E-state index in [4.69, 9.17) is 34.4 Å². The monoisotopic (exact) mass is 667 g/mol. The Balaban J connectivity index is 0.000000396. The molecule has 2 saturated heterocycles. The van der Waals surface area contributed by atoms with Crippen LogP contribution in [0.25, 0.3) is 0 Å². The van der Waals surface area contributed by atoms with Crippen molar-refractivity contribution in [3.63, 3.8) is 0 Å². The van der Waals surface area contributed by atoms with E-state index in [1.807, 2.05) is 44.0 Å². The number of rotatable bonds is 4. The van der Waals surface area contributed by atoms with Crippen molar-refractivity contribution in [2.75, 3.05) is 31.6 Å². The van der Waals surface area contributed by atoms with Crippen LogP contribution in [-0.2, 0) is 25.7 Å². The molecule has 0 aliphatic carbocycles. The molecule has 0 aromatic carbocycles. The van der Waals surface area contributed by atoms with Gasteiger partial charge >= 0.3 is 36.4 Å². The molecule has 0 amide bonds. The Morgan fingerprint density at radius 1 is 0.844 bits per heavy atom. The third-order valence-electron chi connectivity index (χ3n) is 5.91. The molecule has 3 N–H and O–H groups in total. The number of hydrogen-bond acceptors (Lipinski definition) is 9. The number of anilines is 1. The van der Waals surface area contributed by atoms with Gasteiger partial charge in [0.2, 0.25) is 5.95 Å². The van der Waals surface area contributed by atoms with E-state index in [-0.39, 0.29) is 0 Å². The number of carboxylic acid groups (broad SMARTS) is 3. The number of alkyl halides is 9. The van der Waals surface area contributed by atoms with Gasteiger partial charge < -0.3 is 25.0 Å². The van der Waals surface area contributed by atoms with Crippen LogP contribution in [0.15, 0.2) is 43.0 Å². The van der Waals surface area contributed by atoms with E-state index in [0.717, 1.165) is 38.5 Å². The van der Waals surface area contributed by atoms with Gasteiger partial charge in [-0.15, -0.1) is 0 Å². The van der Waals surface area contributed by atoms with E-state index < -0.39 is 36.4 Å². The Morgan fingerprint density at radius 3 is 1.73 bits per heavy atom. The van der Waals surface area contributed by atoms with Crippen LogP contribution < -0.4 is 4.90 Å². The Hall–Kier alpha value is -4.27. The Kier molecular flexibility index (Phi) is 14.4. The number of hydrogen-bond donors (Lipinski definition) is 3. The number of aromatic nitrogens is 3. The van der Waals surface area contributed by atoms with Crippen molar-refractivity contribution in [2.24, 2.45) is 5.92 Å². The minimum Gasteiger partial charge on any atom is -0.475 e. The molecule has 0 bridgehead atoms. The molecule has 12 nitrogen and oxygen atoms in total. The molecule has 2 aromatic heterocycles. The van der Waals surface area contributed by atoms with Crippen LogP contribution in [0.1, 0.15) is 12.0 Å². The van der Waals surface area contributed by atoms with Gasteiger partial charge in [0.1, 0.15) is 0 Å². The van der Waals surface area contributed by atoms with Crippen molar-refractivity contribution in [3.05, 3.63) is 48.5 Å². The molecule has 2 aliphatic rings. The minimum atomic E-state index is -5.08. The second-order valence-electron chi connectivity index (χ2n) is 9.00. The Bertz CT molecular complexity index is 1160. The lowest BCUT2D eigenvalue weighted by Crippen LogP contribution is -2.52. The van der Waals surface area contributed by atoms with E-state index >= 15 is 0 Å². The van der Waals surface area contributed by atoms with Crippen LogP contribution in [0, 0.1) is 5.92 Å². The molecule has 2 aliphatic heterocycles. The zero-order chi connectivity index (χ0) is 34.6. The normalized spacial score (nSPS) is 19.8. The number of carboxylic acids is 3. The van der Waals surface area contributed by atoms with Gasteiger partial charge in [-0.25, -0.2) is 24.4 Å². The Labute approximate surface area is 248 Å². The van der Waals surface area contributed by atoms with Crippen molar-refractivity contribution >= 4 is 23.9 Å². The highest BCUT2D eigenvalue weighted by atomic mass is 19.4. The van der Waals surface area contributed by atoms with Crippen molar-refractivity contribution in [1.82, 2.24) is 19.9 Å². The van der Waals surface area contributed by atoms with Crippen LogP contribution in [0.2, 0.25) is 0 Å². The van der Waals surface area contributed by atoms with Crippen molar-refractivity contribution in [1.29, 1.82) is 0 Å². The summed E-state index contributed by atoms with van der Waals surface area (Å²) in [6.07, 6.45) is -6.49. The molecule has 45 heavy (non-hydrogen) atoms. The first-order chi connectivity index (χ1) is 20.7. The lowest BCUT2D eigenvalue weighted by molar-refractivity contribution is -0.193. The van der Waals surface area contributed by atoms with Crippen LogP contribution in [-0.4, -0.2) is 110 Å². The molecule has 4 rings (SSSR count). The number of piperidine rings is 1. The quantitative estimate of drug-likeness (QED) is 0.407. The van der Waals surface area contributed by atoms with Gasteiger partial charge in [-0.1, -0.05) is 6.07 Å². The van der Waals surface area contributed by atoms with Crippen molar-refractivity contribution in [3.8, 4) is 0 Å². The first-order valence-corrected chi connectivity index (χ1v) is 12.3. The molecule has 0 radical (unpaired) electrons. The number of aliphatic carboxylic acids is 3. The molecule has 0 saturated carbocycles. The van der Waals surface area contributed by atoms with Gasteiger partial charge in [0.05, 0.1) is 12.1 Å². The topological polar surface area (TPSA) is 166 Å². The second kappa shape index (κ2) is 16.7. The molecule has 0 unspecified atom stereocenters. The largest absolute Gasteiger partial charge is 0.490 e. The molecule has 4 heterocycles. The average molecular weight is 667 g/mol. The number of halogens is 9. The van der Waals surface area contributed by atoms with E-state index in [2.05, 4.69) is 30.8 Å². The fraction of sp³-hybridized carbons (Fsp3) is 0.500. The van der Waals surface area contributed by atoms with Gasteiger partial charge in [0.15, 0.2) is 0 Å². The molecule has 0 spiro atoms. The number of nitrogens with zero attached hydrogens (tertiary/aromatic N) is 5. The van der Waals surface area contributed by atoms with E-state index in [0.29, 0.717) is 18.1 Å². The fourth-order valence-corrected chi connectivity index (χ4v) is 4.10. The lowest BCUT2D eigenvalue weighted by atomic mass is 9.89. The Morgan fingerprint density at radius 2 is 1.33 bits per heavy atom. The van der Waals surface area contributed by atoms with Crippen LogP contribution in [0.3, 0.4) is 0 Å². The first-order valence-electron chi connectivity index (χ1n) is 12.3. The third-order valence-corrected chi connectivity index (χ3v) is 5.91. The summed E-state index contributed by atoms with van der Waals surface area (Å²) in [5.74, 6) is -6.94. The predicted octanol–water partition coefficient (Wildman–Crippen LogP) is 3.50. The van der Waals surface area contributed by atoms with E-state index in [1.165, 1.54) is 5.56 Å². The molecule has 3 atom stereocenters. The van der Waals surface area contributed by atoms with Crippen LogP contribution in [0.5, 0.6) is 0 Å². The average Bonchev–Trinajstić information content (AvgIpc) is 3.36. The number of methoxy groups -OCH3 is 1. The summed E-state index contributed by atoms with van der Waals surface area (Å²) >= 11 is 0. The molecule has 2 aromatic rings. The predicted molar refractivity (Wildman–Crippen MR) is 133 cm³/mol. The molecule has 252 valence electrons. The number of likely N-dealkylation sites (tertiary alicyclic amines) is 1. The minimum absolute atomic E-state index is 0.314. The summed E-state index contributed by atoms with van der Waals surface area (Å²) < 4.78 is 101. The maximum atomic E-state index is 10.6. The molecular weight excluding hydrogens is 641 g/mol. The van der Waals surface area contributed by atoms with Gasteiger partial charge in [-0.3, -0.25) is 9.88 Å². The third kappa shape index (κ3) is 13.5. The molecule has 2 fully saturated rings. The van der Waals surface area contributed by atoms with E-state index in [9.17, 15) is 39.5 Å². The summed E-state index contributed by atoms with van der Waals surface area (Å²) in [5, 5.41) is 21.4. The zero-order valence-electron chi connectivity index (χ0n) is 22.9. The number of fused-ring (bicyclic) bond motifs is 1. The number of carbonyl (C=O) groups is 3. The summed E-state index contributed by atoms with van der Waals surface area (Å²) in [4.78, 5) is 44.7. The summed E-state index contributed by atoms with van der Waals surface area (Å²) in [7, 11) is 1.83. The summed E-state index contributed by atoms with van der Waals surface area (Å²) in [6, 6.07) is 6.41. The van der Waals surface area contributed by atoms with Gasteiger partial charge in [0, 0.05) is 64.0 Å². The van der Waals surface area contributed by atoms with Gasteiger partial charge in [0.25, 0.3) is 0 Å².